The van der Waals surface area contributed by atoms with Crippen LogP contribution in [-0.4, -0.2) is 61.5 Å². The van der Waals surface area contributed by atoms with Gasteiger partial charge in [0.05, 0.1) is 11.4 Å². The summed E-state index contributed by atoms with van der Waals surface area (Å²) in [6, 6.07) is 9.52. The van der Waals surface area contributed by atoms with Gasteiger partial charge in [0.2, 0.25) is 10.0 Å². The number of anilines is 1. The summed E-state index contributed by atoms with van der Waals surface area (Å²) < 4.78 is 44.9. The highest BCUT2D eigenvalue weighted by molar-refractivity contribution is 7.89. The predicted octanol–water partition coefficient (Wildman–Crippen LogP) is 2.02. The van der Waals surface area contributed by atoms with Crippen molar-refractivity contribution in [3.63, 3.8) is 0 Å². The Kier molecular flexibility index (Phi) is 5.45. The third-order valence-corrected chi connectivity index (χ3v) is 6.88. The lowest BCUT2D eigenvalue weighted by Crippen LogP contribution is -2.50. The Morgan fingerprint density at radius 3 is 2.32 bits per heavy atom. The van der Waals surface area contributed by atoms with E-state index in [1.54, 1.807) is 0 Å². The van der Waals surface area contributed by atoms with E-state index < -0.39 is 10.0 Å². The van der Waals surface area contributed by atoms with Crippen molar-refractivity contribution in [2.45, 2.75) is 18.8 Å². The maximum atomic E-state index is 12.9. The van der Waals surface area contributed by atoms with Crippen LogP contribution in [0, 0.1) is 5.82 Å². The van der Waals surface area contributed by atoms with E-state index in [1.165, 1.54) is 41.4 Å². The van der Waals surface area contributed by atoms with Crippen molar-refractivity contribution in [1.82, 2.24) is 14.5 Å². The molecule has 2 fully saturated rings. The lowest BCUT2D eigenvalue weighted by molar-refractivity contribution is 0.330. The quantitative estimate of drug-likeness (QED) is 0.700. The molecule has 7 nitrogen and oxygen atoms in total. The molecule has 4 rings (SSSR count). The zero-order valence-corrected chi connectivity index (χ0v) is 16.3. The average molecular weight is 406 g/mol. The molecule has 0 radical (unpaired) electrons. The molecule has 0 unspecified atom stereocenters. The van der Waals surface area contributed by atoms with Crippen molar-refractivity contribution in [3.05, 3.63) is 47.9 Å². The lowest BCUT2D eigenvalue weighted by atomic mass is 10.2. The van der Waals surface area contributed by atoms with Crippen LogP contribution in [0.3, 0.4) is 0 Å². The fourth-order valence-corrected chi connectivity index (χ4v) is 4.49. The summed E-state index contributed by atoms with van der Waals surface area (Å²) in [6.07, 6.45) is 2.38. The molecule has 2 heterocycles. The Labute approximate surface area is 164 Å². The first-order valence-corrected chi connectivity index (χ1v) is 11.1. The Hall–Kier alpha value is -2.26. The number of hydrogen-bond donors (Lipinski definition) is 0. The summed E-state index contributed by atoms with van der Waals surface area (Å²) in [7, 11) is -3.41. The number of sulfonamides is 1. The third-order valence-electron chi connectivity index (χ3n) is 5.05. The monoisotopic (exact) mass is 406 g/mol. The Bertz CT molecular complexity index is 894. The Morgan fingerprint density at radius 2 is 1.71 bits per heavy atom. The second-order valence-electron chi connectivity index (χ2n) is 7.10. The van der Waals surface area contributed by atoms with Crippen LogP contribution in [0.15, 0.2) is 36.4 Å². The largest absolute Gasteiger partial charge is 0.492 e. The van der Waals surface area contributed by atoms with Crippen molar-refractivity contribution in [1.29, 1.82) is 0 Å². The van der Waals surface area contributed by atoms with Gasteiger partial charge < -0.3 is 9.64 Å². The van der Waals surface area contributed by atoms with Crippen molar-refractivity contribution in [3.8, 4) is 5.75 Å². The summed E-state index contributed by atoms with van der Waals surface area (Å²) in [6.45, 7) is 2.00. The minimum Gasteiger partial charge on any atom is -0.492 e. The summed E-state index contributed by atoms with van der Waals surface area (Å²) in [5, 5.41) is 8.60. The molecule has 1 aromatic heterocycles. The van der Waals surface area contributed by atoms with Gasteiger partial charge in [0.15, 0.2) is 5.82 Å². The molecule has 1 aliphatic heterocycles. The van der Waals surface area contributed by atoms with Crippen molar-refractivity contribution in [2.24, 2.45) is 0 Å². The second-order valence-corrected chi connectivity index (χ2v) is 9.18. The minimum absolute atomic E-state index is 0.0300. The van der Waals surface area contributed by atoms with Gasteiger partial charge in [-0.15, -0.1) is 5.10 Å². The lowest BCUT2D eigenvalue weighted by Gasteiger charge is -2.34. The topological polar surface area (TPSA) is 75.6 Å². The van der Waals surface area contributed by atoms with Crippen LogP contribution in [0.1, 0.15) is 24.5 Å². The van der Waals surface area contributed by atoms with Crippen LogP contribution in [0.4, 0.5) is 10.2 Å². The molecule has 9 heteroatoms. The molecule has 1 saturated carbocycles. The highest BCUT2D eigenvalue weighted by Crippen LogP contribution is 2.38. The molecule has 1 aromatic carbocycles. The Morgan fingerprint density at radius 1 is 1.00 bits per heavy atom. The molecule has 0 atom stereocenters. The van der Waals surface area contributed by atoms with Crippen LogP contribution in [0.5, 0.6) is 5.75 Å². The molecule has 0 N–H and O–H groups in total. The first kappa shape index (κ1) is 19.1. The molecule has 0 amide bonds. The van der Waals surface area contributed by atoms with Gasteiger partial charge in [-0.05, 0) is 49.2 Å². The van der Waals surface area contributed by atoms with Crippen molar-refractivity contribution < 1.29 is 17.5 Å². The SMILES string of the molecule is O=S(=O)(CCOc1ccc(F)cc1)N1CCN(c2ccc(C3CC3)nn2)CC1. The molecule has 0 spiro atoms. The van der Waals surface area contributed by atoms with E-state index in [2.05, 4.69) is 15.1 Å². The number of nitrogens with zero attached hydrogens (tertiary/aromatic N) is 4. The van der Waals surface area contributed by atoms with Gasteiger partial charge in [0, 0.05) is 32.1 Å². The van der Waals surface area contributed by atoms with Gasteiger partial charge in [-0.3, -0.25) is 0 Å². The van der Waals surface area contributed by atoms with E-state index in [-0.39, 0.29) is 18.2 Å². The standard InChI is InChI=1S/C19H23FN4O3S/c20-16-3-5-17(6-4-16)27-13-14-28(25,26)24-11-9-23(10-12-24)19-8-7-18(21-22-19)15-1-2-15/h3-8,15H,1-2,9-14H2. The summed E-state index contributed by atoms with van der Waals surface area (Å²) in [4.78, 5) is 2.06. The number of ether oxygens (including phenoxy) is 1. The zero-order chi connectivity index (χ0) is 19.6. The summed E-state index contributed by atoms with van der Waals surface area (Å²) >= 11 is 0. The zero-order valence-electron chi connectivity index (χ0n) is 15.5. The maximum Gasteiger partial charge on any atom is 0.217 e. The average Bonchev–Trinajstić information content (AvgIpc) is 3.55. The molecule has 2 aromatic rings. The van der Waals surface area contributed by atoms with Gasteiger partial charge in [-0.25, -0.2) is 12.8 Å². The molecule has 0 bridgehead atoms. The summed E-state index contributed by atoms with van der Waals surface area (Å²) in [5.41, 5.74) is 1.05. The molecule has 2 aliphatic rings. The van der Waals surface area contributed by atoms with E-state index in [0.717, 1.165) is 11.5 Å². The van der Waals surface area contributed by atoms with Gasteiger partial charge >= 0.3 is 0 Å². The van der Waals surface area contributed by atoms with Crippen LogP contribution >= 0.6 is 0 Å². The van der Waals surface area contributed by atoms with Gasteiger partial charge in [-0.2, -0.15) is 9.40 Å². The summed E-state index contributed by atoms with van der Waals surface area (Å²) in [5.74, 6) is 1.35. The molecule has 150 valence electrons. The number of aromatic nitrogens is 2. The van der Waals surface area contributed by atoms with Gasteiger partial charge in [0.1, 0.15) is 18.2 Å². The normalized spacial score (nSPS) is 18.2. The smallest absolute Gasteiger partial charge is 0.217 e. The number of hydrogen-bond acceptors (Lipinski definition) is 6. The van der Waals surface area contributed by atoms with E-state index in [4.69, 9.17) is 4.74 Å². The van der Waals surface area contributed by atoms with Crippen LogP contribution in [0.2, 0.25) is 0 Å². The van der Waals surface area contributed by atoms with Crippen LogP contribution in [-0.2, 0) is 10.0 Å². The highest BCUT2D eigenvalue weighted by atomic mass is 32.2. The molecular formula is C19H23FN4O3S. The first-order chi connectivity index (χ1) is 13.5. The molecular weight excluding hydrogens is 383 g/mol. The van der Waals surface area contributed by atoms with E-state index in [0.29, 0.717) is 37.8 Å². The second kappa shape index (κ2) is 8.00. The van der Waals surface area contributed by atoms with Crippen LogP contribution in [0.25, 0.3) is 0 Å². The van der Waals surface area contributed by atoms with E-state index >= 15 is 0 Å². The third kappa shape index (κ3) is 4.59. The Balaban J connectivity index is 1.26. The van der Waals surface area contributed by atoms with Crippen LogP contribution < -0.4 is 9.64 Å². The number of benzene rings is 1. The van der Waals surface area contributed by atoms with Crippen molar-refractivity contribution >= 4 is 15.8 Å². The fourth-order valence-electron chi connectivity index (χ4n) is 3.22. The van der Waals surface area contributed by atoms with E-state index in [9.17, 15) is 12.8 Å². The first-order valence-electron chi connectivity index (χ1n) is 9.46. The number of rotatable bonds is 7. The minimum atomic E-state index is -3.41. The fraction of sp³-hybridized carbons (Fsp3) is 0.474. The number of piperazine rings is 1. The molecule has 28 heavy (non-hydrogen) atoms. The van der Waals surface area contributed by atoms with Crippen molar-refractivity contribution in [2.75, 3.05) is 43.4 Å². The maximum absolute atomic E-state index is 12.9. The molecule has 1 saturated heterocycles. The predicted molar refractivity (Wildman–Crippen MR) is 103 cm³/mol. The highest BCUT2D eigenvalue weighted by Gasteiger charge is 2.28. The van der Waals surface area contributed by atoms with E-state index in [1.807, 2.05) is 12.1 Å². The van der Waals surface area contributed by atoms with Gasteiger partial charge in [0.25, 0.3) is 0 Å². The number of halogens is 1. The molecule has 1 aliphatic carbocycles. The van der Waals surface area contributed by atoms with Gasteiger partial charge in [-0.1, -0.05) is 0 Å².